The molecule has 0 radical (unpaired) electrons. The maximum absolute atomic E-state index is 12.5. The van der Waals surface area contributed by atoms with Gasteiger partial charge in [0.05, 0.1) is 18.5 Å². The number of benzene rings is 3. The highest BCUT2D eigenvalue weighted by Crippen LogP contribution is 2.28. The Hall–Kier alpha value is -3.06. The van der Waals surface area contributed by atoms with Gasteiger partial charge in [-0.2, -0.15) is 0 Å². The first-order valence-corrected chi connectivity index (χ1v) is 11.5. The monoisotopic (exact) mass is 426 g/mol. The maximum atomic E-state index is 12.5. The molecule has 0 unspecified atom stereocenters. The van der Waals surface area contributed by atoms with Gasteiger partial charge < -0.3 is 10.1 Å². The molecule has 0 aliphatic heterocycles. The highest BCUT2D eigenvalue weighted by molar-refractivity contribution is 7.92. The van der Waals surface area contributed by atoms with E-state index >= 15 is 0 Å². The zero-order valence-electron chi connectivity index (χ0n) is 17.4. The number of nitrogens with one attached hydrogen (secondary N) is 1. The summed E-state index contributed by atoms with van der Waals surface area (Å²) in [5, 5.41) is 4.42. The molecule has 0 saturated carbocycles. The summed E-state index contributed by atoms with van der Waals surface area (Å²) in [4.78, 5) is 12.5. The van der Waals surface area contributed by atoms with Crippen LogP contribution in [0.4, 0.5) is 5.69 Å². The van der Waals surface area contributed by atoms with Crippen LogP contribution in [-0.4, -0.2) is 40.3 Å². The largest absolute Gasteiger partial charge is 0.491 e. The van der Waals surface area contributed by atoms with E-state index in [0.717, 1.165) is 38.2 Å². The van der Waals surface area contributed by atoms with Crippen LogP contribution in [0.5, 0.6) is 5.75 Å². The molecule has 0 saturated heterocycles. The number of fused-ring (bicyclic) bond motifs is 1. The number of anilines is 1. The van der Waals surface area contributed by atoms with Gasteiger partial charge in [-0.15, -0.1) is 0 Å². The second kappa shape index (κ2) is 9.17. The molecule has 0 aliphatic rings. The number of nitrogens with zero attached hydrogens (tertiary/aromatic N) is 1. The molecule has 3 aromatic rings. The molecule has 3 aromatic carbocycles. The third-order valence-electron chi connectivity index (χ3n) is 4.96. The molecule has 6 nitrogen and oxygen atoms in total. The Morgan fingerprint density at radius 2 is 1.70 bits per heavy atom. The molecule has 7 heteroatoms. The number of aryl methyl sites for hydroxylation is 1. The second-order valence-corrected chi connectivity index (χ2v) is 9.07. The molecule has 0 fully saturated rings. The standard InChI is InChI=1S/C23H26N2O4S/c1-17-8-6-13-22(18(17)2)29-15-14-24-23(26)16-25(30(3,27)28)21-12-7-10-19-9-4-5-11-20(19)21/h4-13H,14-16H2,1-3H3,(H,24,26). The summed E-state index contributed by atoms with van der Waals surface area (Å²) in [7, 11) is -3.65. The minimum Gasteiger partial charge on any atom is -0.491 e. The van der Waals surface area contributed by atoms with Crippen molar-refractivity contribution < 1.29 is 17.9 Å². The van der Waals surface area contributed by atoms with Crippen LogP contribution in [0, 0.1) is 13.8 Å². The summed E-state index contributed by atoms with van der Waals surface area (Å²) >= 11 is 0. The molecule has 30 heavy (non-hydrogen) atoms. The van der Waals surface area contributed by atoms with E-state index < -0.39 is 15.9 Å². The number of hydrogen-bond donors (Lipinski definition) is 1. The van der Waals surface area contributed by atoms with Crippen molar-refractivity contribution in [3.63, 3.8) is 0 Å². The molecule has 0 aliphatic carbocycles. The summed E-state index contributed by atoms with van der Waals surface area (Å²) in [6.45, 7) is 4.27. The fraction of sp³-hybridized carbons (Fsp3) is 0.261. The van der Waals surface area contributed by atoms with E-state index in [4.69, 9.17) is 4.74 Å². The molecular weight excluding hydrogens is 400 g/mol. The smallest absolute Gasteiger partial charge is 0.240 e. The van der Waals surface area contributed by atoms with Gasteiger partial charge in [0, 0.05) is 5.39 Å². The molecule has 3 rings (SSSR count). The van der Waals surface area contributed by atoms with Gasteiger partial charge in [0.25, 0.3) is 0 Å². The molecule has 158 valence electrons. The van der Waals surface area contributed by atoms with Crippen molar-refractivity contribution in [2.45, 2.75) is 13.8 Å². The lowest BCUT2D eigenvalue weighted by atomic mass is 10.1. The first-order chi connectivity index (χ1) is 14.3. The van der Waals surface area contributed by atoms with E-state index in [1.165, 1.54) is 0 Å². The number of amides is 1. The van der Waals surface area contributed by atoms with Crippen molar-refractivity contribution in [1.82, 2.24) is 5.32 Å². The number of carbonyl (C=O) groups excluding carboxylic acids is 1. The molecule has 0 atom stereocenters. The van der Waals surface area contributed by atoms with E-state index in [9.17, 15) is 13.2 Å². The van der Waals surface area contributed by atoms with Gasteiger partial charge in [0.15, 0.2) is 0 Å². The molecule has 1 amide bonds. The topological polar surface area (TPSA) is 75.7 Å². The molecule has 0 bridgehead atoms. The van der Waals surface area contributed by atoms with Crippen molar-refractivity contribution in [3.05, 3.63) is 71.8 Å². The van der Waals surface area contributed by atoms with E-state index in [2.05, 4.69) is 5.32 Å². The lowest BCUT2D eigenvalue weighted by Crippen LogP contribution is -2.41. The predicted molar refractivity (Wildman–Crippen MR) is 121 cm³/mol. The third-order valence-corrected chi connectivity index (χ3v) is 6.09. The van der Waals surface area contributed by atoms with Crippen LogP contribution in [0.1, 0.15) is 11.1 Å². The fourth-order valence-electron chi connectivity index (χ4n) is 3.23. The van der Waals surface area contributed by atoms with E-state index in [-0.39, 0.29) is 13.1 Å². The number of hydrogen-bond acceptors (Lipinski definition) is 4. The van der Waals surface area contributed by atoms with Gasteiger partial charge >= 0.3 is 0 Å². The van der Waals surface area contributed by atoms with Crippen molar-refractivity contribution in [2.24, 2.45) is 0 Å². The predicted octanol–water partition coefficient (Wildman–Crippen LogP) is 3.42. The first kappa shape index (κ1) is 21.6. The van der Waals surface area contributed by atoms with Crippen molar-refractivity contribution in [3.8, 4) is 5.75 Å². The molecular formula is C23H26N2O4S. The van der Waals surface area contributed by atoms with Crippen LogP contribution in [0.25, 0.3) is 10.8 Å². The van der Waals surface area contributed by atoms with Crippen molar-refractivity contribution in [2.75, 3.05) is 30.3 Å². The van der Waals surface area contributed by atoms with Crippen LogP contribution < -0.4 is 14.4 Å². The lowest BCUT2D eigenvalue weighted by Gasteiger charge is -2.23. The zero-order valence-corrected chi connectivity index (χ0v) is 18.2. The number of carbonyl (C=O) groups is 1. The number of ether oxygens (including phenoxy) is 1. The van der Waals surface area contributed by atoms with Crippen LogP contribution in [0.3, 0.4) is 0 Å². The van der Waals surface area contributed by atoms with Crippen LogP contribution in [0.15, 0.2) is 60.7 Å². The highest BCUT2D eigenvalue weighted by Gasteiger charge is 2.22. The summed E-state index contributed by atoms with van der Waals surface area (Å²) in [6.07, 6.45) is 1.10. The van der Waals surface area contributed by atoms with Gasteiger partial charge in [-0.25, -0.2) is 8.42 Å². The summed E-state index contributed by atoms with van der Waals surface area (Å²) in [6, 6.07) is 18.7. The summed E-state index contributed by atoms with van der Waals surface area (Å²) in [5.74, 6) is 0.385. The Morgan fingerprint density at radius 3 is 2.47 bits per heavy atom. The normalized spacial score (nSPS) is 11.3. The maximum Gasteiger partial charge on any atom is 0.240 e. The molecule has 0 spiro atoms. The van der Waals surface area contributed by atoms with E-state index in [1.807, 2.05) is 62.4 Å². The Morgan fingerprint density at radius 1 is 1.00 bits per heavy atom. The Labute approximate surface area is 177 Å². The fourth-order valence-corrected chi connectivity index (χ4v) is 4.09. The summed E-state index contributed by atoms with van der Waals surface area (Å²) in [5.41, 5.74) is 2.68. The molecule has 0 aromatic heterocycles. The van der Waals surface area contributed by atoms with Crippen LogP contribution in [-0.2, 0) is 14.8 Å². The third kappa shape index (κ3) is 5.10. The number of sulfonamides is 1. The minimum absolute atomic E-state index is 0.277. The van der Waals surface area contributed by atoms with Gasteiger partial charge in [-0.05, 0) is 42.5 Å². The Bertz CT molecular complexity index is 1150. The van der Waals surface area contributed by atoms with Gasteiger partial charge in [0.2, 0.25) is 15.9 Å². The number of rotatable bonds is 8. The zero-order chi connectivity index (χ0) is 21.7. The SMILES string of the molecule is Cc1cccc(OCCNC(=O)CN(c2cccc3ccccc23)S(C)(=O)=O)c1C. The van der Waals surface area contributed by atoms with Gasteiger partial charge in [0.1, 0.15) is 18.9 Å². The van der Waals surface area contributed by atoms with Gasteiger partial charge in [-0.3, -0.25) is 9.10 Å². The first-order valence-electron chi connectivity index (χ1n) is 9.68. The quantitative estimate of drug-likeness (QED) is 0.560. The molecule has 1 N–H and O–H groups in total. The Kier molecular flexibility index (Phi) is 6.62. The van der Waals surface area contributed by atoms with Gasteiger partial charge in [-0.1, -0.05) is 48.5 Å². The average Bonchev–Trinajstić information content (AvgIpc) is 2.71. The van der Waals surface area contributed by atoms with Crippen LogP contribution >= 0.6 is 0 Å². The molecule has 0 heterocycles. The summed E-state index contributed by atoms with van der Waals surface area (Å²) < 4.78 is 31.7. The van der Waals surface area contributed by atoms with E-state index in [0.29, 0.717) is 12.3 Å². The second-order valence-electron chi connectivity index (χ2n) is 7.16. The highest BCUT2D eigenvalue weighted by atomic mass is 32.2. The lowest BCUT2D eigenvalue weighted by molar-refractivity contribution is -0.119. The minimum atomic E-state index is -3.65. The van der Waals surface area contributed by atoms with E-state index in [1.54, 1.807) is 12.1 Å². The van der Waals surface area contributed by atoms with Crippen molar-refractivity contribution >= 4 is 32.4 Å². The average molecular weight is 427 g/mol. The van der Waals surface area contributed by atoms with Crippen molar-refractivity contribution in [1.29, 1.82) is 0 Å². The Balaban J connectivity index is 1.66. The van der Waals surface area contributed by atoms with Crippen LogP contribution in [0.2, 0.25) is 0 Å².